The number of hydrogen-bond donors (Lipinski definition) is 1. The van der Waals surface area contributed by atoms with Crippen LogP contribution in [0.15, 0.2) is 24.3 Å². The quantitative estimate of drug-likeness (QED) is 0.781. The Morgan fingerprint density at radius 3 is 2.62 bits per heavy atom. The number of piperazine rings is 1. The smallest absolute Gasteiger partial charge is 0.242 e. The number of carbonyl (C=O) groups excluding carboxylic acids is 2. The molecule has 1 aliphatic carbocycles. The zero-order chi connectivity index (χ0) is 20.4. The molecule has 6 nitrogen and oxygen atoms in total. The van der Waals surface area contributed by atoms with Crippen LogP contribution in [0.1, 0.15) is 42.7 Å². The summed E-state index contributed by atoms with van der Waals surface area (Å²) in [5.74, 6) is 6.17. The molecule has 2 aliphatic heterocycles. The van der Waals surface area contributed by atoms with E-state index >= 15 is 0 Å². The lowest BCUT2D eigenvalue weighted by molar-refractivity contribution is -0.168. The molecular weight excluding hydrogens is 368 g/mol. The molecule has 0 radical (unpaired) electrons. The topological polar surface area (TPSA) is 70.1 Å². The van der Waals surface area contributed by atoms with Gasteiger partial charge in [0.25, 0.3) is 0 Å². The van der Waals surface area contributed by atoms with E-state index in [-0.39, 0.29) is 48.9 Å². The van der Waals surface area contributed by atoms with Gasteiger partial charge >= 0.3 is 0 Å². The summed E-state index contributed by atoms with van der Waals surface area (Å²) in [5, 5.41) is 9.91. The van der Waals surface area contributed by atoms with Gasteiger partial charge in [-0.15, -0.1) is 0 Å². The highest BCUT2D eigenvalue weighted by Gasteiger charge is 2.54. The van der Waals surface area contributed by atoms with Gasteiger partial charge in [0.1, 0.15) is 6.61 Å². The maximum atomic E-state index is 12.9. The molecule has 0 spiro atoms. The second kappa shape index (κ2) is 8.56. The Balaban J connectivity index is 1.50. The van der Waals surface area contributed by atoms with E-state index in [2.05, 4.69) is 11.8 Å². The third kappa shape index (κ3) is 3.77. The van der Waals surface area contributed by atoms with Gasteiger partial charge in [-0.3, -0.25) is 9.59 Å². The molecule has 0 aromatic heterocycles. The van der Waals surface area contributed by atoms with Crippen LogP contribution in [0.25, 0.3) is 0 Å². The second-order valence-corrected chi connectivity index (χ2v) is 8.20. The van der Waals surface area contributed by atoms with Gasteiger partial charge < -0.3 is 19.6 Å². The van der Waals surface area contributed by atoms with Gasteiger partial charge in [-0.2, -0.15) is 0 Å². The van der Waals surface area contributed by atoms with E-state index < -0.39 is 0 Å². The summed E-state index contributed by atoms with van der Waals surface area (Å²) in [6.45, 7) is 1.01. The number of rotatable bonds is 4. The van der Waals surface area contributed by atoms with Gasteiger partial charge in [0.05, 0.1) is 25.2 Å². The summed E-state index contributed by atoms with van der Waals surface area (Å²) >= 11 is 0. The molecule has 3 aliphatic rings. The first-order valence-corrected chi connectivity index (χ1v) is 10.4. The predicted octanol–water partition coefficient (Wildman–Crippen LogP) is 1.37. The highest BCUT2D eigenvalue weighted by Crippen LogP contribution is 2.43. The van der Waals surface area contributed by atoms with Crippen molar-refractivity contribution in [3.63, 3.8) is 0 Å². The lowest BCUT2D eigenvalue weighted by Gasteiger charge is -2.59. The van der Waals surface area contributed by atoms with Crippen LogP contribution >= 0.6 is 0 Å². The number of fused-ring (bicyclic) bond motifs is 1. The highest BCUT2D eigenvalue weighted by atomic mass is 16.5. The molecule has 2 amide bonds. The molecule has 4 rings (SSSR count). The molecule has 1 aromatic carbocycles. The molecule has 2 heterocycles. The Labute approximate surface area is 171 Å². The second-order valence-electron chi connectivity index (χ2n) is 8.20. The van der Waals surface area contributed by atoms with Crippen LogP contribution in [0.3, 0.4) is 0 Å². The van der Waals surface area contributed by atoms with Crippen molar-refractivity contribution in [3.8, 4) is 11.8 Å². The average molecular weight is 396 g/mol. The van der Waals surface area contributed by atoms with E-state index in [1.807, 2.05) is 24.3 Å². The SMILES string of the molecule is COCC#Cc1ccc([C@@H]2[C@H](CO)N3C(=O)CN(C(=O)C4CCCC4)C[C@@H]23)cc1. The van der Waals surface area contributed by atoms with Gasteiger partial charge in [-0.1, -0.05) is 36.8 Å². The summed E-state index contributed by atoms with van der Waals surface area (Å²) in [7, 11) is 1.61. The number of amides is 2. The normalized spacial score (nSPS) is 26.6. The van der Waals surface area contributed by atoms with Crippen LogP contribution < -0.4 is 0 Å². The molecule has 154 valence electrons. The van der Waals surface area contributed by atoms with Gasteiger partial charge in [-0.25, -0.2) is 0 Å². The molecule has 2 saturated heterocycles. The molecule has 0 bridgehead atoms. The predicted molar refractivity (Wildman–Crippen MR) is 108 cm³/mol. The summed E-state index contributed by atoms with van der Waals surface area (Å²) in [5.41, 5.74) is 1.98. The van der Waals surface area contributed by atoms with Crippen LogP contribution in [0.4, 0.5) is 0 Å². The third-order valence-electron chi connectivity index (χ3n) is 6.51. The minimum absolute atomic E-state index is 0.0316. The number of nitrogens with zero attached hydrogens (tertiary/aromatic N) is 2. The summed E-state index contributed by atoms with van der Waals surface area (Å²) < 4.78 is 4.95. The van der Waals surface area contributed by atoms with E-state index in [4.69, 9.17) is 4.74 Å². The van der Waals surface area contributed by atoms with Crippen LogP contribution in [0, 0.1) is 17.8 Å². The van der Waals surface area contributed by atoms with Crippen molar-refractivity contribution < 1.29 is 19.4 Å². The Morgan fingerprint density at radius 2 is 1.97 bits per heavy atom. The van der Waals surface area contributed by atoms with Gasteiger partial charge in [0.15, 0.2) is 0 Å². The summed E-state index contributed by atoms with van der Waals surface area (Å²) in [6, 6.07) is 7.67. The van der Waals surface area contributed by atoms with E-state index in [1.165, 1.54) is 0 Å². The molecule has 1 saturated carbocycles. The Morgan fingerprint density at radius 1 is 1.24 bits per heavy atom. The maximum Gasteiger partial charge on any atom is 0.242 e. The number of aliphatic hydroxyl groups excluding tert-OH is 1. The number of hydrogen-bond acceptors (Lipinski definition) is 4. The standard InChI is InChI=1S/C23H28N2O4/c1-29-12-4-5-16-8-10-17(11-9-16)22-19-13-24(23(28)18-6-2-3-7-18)14-21(27)25(19)20(22)15-26/h8-11,18-20,22,26H,2-3,6-7,12-15H2,1H3/t19-,20-,22-/m0/s1. The van der Waals surface area contributed by atoms with Crippen LogP contribution in [-0.2, 0) is 14.3 Å². The minimum Gasteiger partial charge on any atom is -0.394 e. The monoisotopic (exact) mass is 396 g/mol. The fourth-order valence-electron chi connectivity index (χ4n) is 5.10. The van der Waals surface area contributed by atoms with E-state index in [0.29, 0.717) is 13.2 Å². The molecular formula is C23H28N2O4. The first kappa shape index (κ1) is 19.9. The summed E-state index contributed by atoms with van der Waals surface area (Å²) in [6.07, 6.45) is 4.07. The Hall–Kier alpha value is -2.36. The molecule has 1 N–H and O–H groups in total. The van der Waals surface area contributed by atoms with Crippen molar-refractivity contribution >= 4 is 11.8 Å². The lowest BCUT2D eigenvalue weighted by atomic mass is 9.73. The largest absolute Gasteiger partial charge is 0.394 e. The fraction of sp³-hybridized carbons (Fsp3) is 0.565. The Bertz CT molecular complexity index is 820. The number of ether oxygens (including phenoxy) is 1. The van der Waals surface area contributed by atoms with Crippen LogP contribution in [-0.4, -0.2) is 72.2 Å². The first-order chi connectivity index (χ1) is 14.1. The van der Waals surface area contributed by atoms with Crippen molar-refractivity contribution in [3.05, 3.63) is 35.4 Å². The minimum atomic E-state index is -0.221. The number of benzene rings is 1. The van der Waals surface area contributed by atoms with Gasteiger partial charge in [0.2, 0.25) is 11.8 Å². The Kier molecular flexibility index (Phi) is 5.89. The van der Waals surface area contributed by atoms with E-state index in [1.54, 1.807) is 16.9 Å². The van der Waals surface area contributed by atoms with E-state index in [9.17, 15) is 14.7 Å². The van der Waals surface area contributed by atoms with Gasteiger partial charge in [-0.05, 0) is 30.5 Å². The number of methoxy groups -OCH3 is 1. The summed E-state index contributed by atoms with van der Waals surface area (Å²) in [4.78, 5) is 29.1. The fourth-order valence-corrected chi connectivity index (χ4v) is 5.10. The van der Waals surface area contributed by atoms with Crippen molar-refractivity contribution in [1.29, 1.82) is 0 Å². The number of aliphatic hydroxyl groups is 1. The van der Waals surface area contributed by atoms with Crippen molar-refractivity contribution in [2.24, 2.45) is 5.92 Å². The zero-order valence-electron chi connectivity index (χ0n) is 16.8. The van der Waals surface area contributed by atoms with Crippen LogP contribution in [0.5, 0.6) is 0 Å². The molecule has 29 heavy (non-hydrogen) atoms. The molecule has 1 aromatic rings. The highest BCUT2D eigenvalue weighted by molar-refractivity contribution is 5.88. The average Bonchev–Trinajstić information content (AvgIpc) is 3.25. The maximum absolute atomic E-state index is 12.9. The first-order valence-electron chi connectivity index (χ1n) is 10.4. The third-order valence-corrected chi connectivity index (χ3v) is 6.51. The van der Waals surface area contributed by atoms with E-state index in [0.717, 1.165) is 36.8 Å². The van der Waals surface area contributed by atoms with Gasteiger partial charge in [0, 0.05) is 31.1 Å². The molecule has 3 fully saturated rings. The molecule has 0 unspecified atom stereocenters. The van der Waals surface area contributed by atoms with Crippen LogP contribution in [0.2, 0.25) is 0 Å². The molecule has 6 heteroatoms. The van der Waals surface area contributed by atoms with Crippen molar-refractivity contribution in [2.75, 3.05) is 33.4 Å². The molecule has 3 atom stereocenters. The number of carbonyl (C=O) groups is 2. The zero-order valence-corrected chi connectivity index (χ0v) is 16.8. The van der Waals surface area contributed by atoms with Crippen molar-refractivity contribution in [1.82, 2.24) is 9.80 Å². The van der Waals surface area contributed by atoms with Crippen molar-refractivity contribution in [2.45, 2.75) is 43.7 Å². The lowest BCUT2D eigenvalue weighted by Crippen LogP contribution is -2.73.